The van der Waals surface area contributed by atoms with Gasteiger partial charge in [0.05, 0.1) is 0 Å². The van der Waals surface area contributed by atoms with Gasteiger partial charge in [-0.25, -0.2) is 0 Å². The van der Waals surface area contributed by atoms with E-state index in [0.717, 1.165) is 12.5 Å². The van der Waals surface area contributed by atoms with Crippen LogP contribution in [0.4, 0.5) is 0 Å². The summed E-state index contributed by atoms with van der Waals surface area (Å²) in [6.45, 7) is 12.1. The lowest BCUT2D eigenvalue weighted by Crippen LogP contribution is -2.57. The molecule has 0 amide bonds. The van der Waals surface area contributed by atoms with Crippen LogP contribution in [0.25, 0.3) is 0 Å². The van der Waals surface area contributed by atoms with E-state index >= 15 is 0 Å². The summed E-state index contributed by atoms with van der Waals surface area (Å²) in [5.74, 6) is 0.935. The van der Waals surface area contributed by atoms with Crippen molar-refractivity contribution in [3.8, 4) is 0 Å². The lowest BCUT2D eigenvalue weighted by Gasteiger charge is -2.41. The molecule has 0 saturated carbocycles. The first kappa shape index (κ1) is 12.3. The molecule has 0 aromatic rings. The molecule has 2 fully saturated rings. The van der Waals surface area contributed by atoms with Gasteiger partial charge in [0.25, 0.3) is 0 Å². The topological polar surface area (TPSA) is 18.5 Å². The van der Waals surface area contributed by atoms with Gasteiger partial charge in [-0.3, -0.25) is 4.90 Å². The molecular formula is C13H27N3. The fourth-order valence-electron chi connectivity index (χ4n) is 3.01. The number of rotatable bonds is 2. The summed E-state index contributed by atoms with van der Waals surface area (Å²) >= 11 is 0. The molecule has 2 saturated heterocycles. The van der Waals surface area contributed by atoms with Gasteiger partial charge in [0, 0.05) is 31.7 Å². The van der Waals surface area contributed by atoms with E-state index in [0.29, 0.717) is 5.54 Å². The molecule has 0 radical (unpaired) electrons. The first-order valence-corrected chi connectivity index (χ1v) is 6.71. The summed E-state index contributed by atoms with van der Waals surface area (Å²) in [5, 5.41) is 3.58. The molecule has 16 heavy (non-hydrogen) atoms. The summed E-state index contributed by atoms with van der Waals surface area (Å²) in [6.07, 6.45) is 2.78. The van der Waals surface area contributed by atoms with Crippen molar-refractivity contribution < 1.29 is 0 Å². The van der Waals surface area contributed by atoms with Crippen molar-refractivity contribution in [3.05, 3.63) is 0 Å². The molecule has 0 unspecified atom stereocenters. The second-order valence-corrected chi connectivity index (χ2v) is 6.29. The highest BCUT2D eigenvalue weighted by atomic mass is 15.2. The maximum Gasteiger partial charge on any atom is 0.0252 e. The lowest BCUT2D eigenvalue weighted by molar-refractivity contribution is 0.110. The van der Waals surface area contributed by atoms with Crippen molar-refractivity contribution >= 4 is 0 Å². The van der Waals surface area contributed by atoms with Gasteiger partial charge >= 0.3 is 0 Å². The Morgan fingerprint density at radius 1 is 1.19 bits per heavy atom. The van der Waals surface area contributed by atoms with E-state index in [4.69, 9.17) is 0 Å². The van der Waals surface area contributed by atoms with Crippen molar-refractivity contribution in [2.45, 2.75) is 32.2 Å². The van der Waals surface area contributed by atoms with Crippen LogP contribution in [0.1, 0.15) is 26.7 Å². The van der Waals surface area contributed by atoms with E-state index in [-0.39, 0.29) is 0 Å². The van der Waals surface area contributed by atoms with Crippen LogP contribution >= 0.6 is 0 Å². The monoisotopic (exact) mass is 225 g/mol. The predicted molar refractivity (Wildman–Crippen MR) is 68.7 cm³/mol. The molecule has 0 aromatic heterocycles. The Kier molecular flexibility index (Phi) is 3.88. The second kappa shape index (κ2) is 5.03. The highest BCUT2D eigenvalue weighted by Crippen LogP contribution is 2.19. The quantitative estimate of drug-likeness (QED) is 0.757. The number of hydrogen-bond acceptors (Lipinski definition) is 3. The summed E-state index contributed by atoms with van der Waals surface area (Å²) in [6, 6.07) is 0. The second-order valence-electron chi connectivity index (χ2n) is 6.29. The van der Waals surface area contributed by atoms with Crippen molar-refractivity contribution in [2.24, 2.45) is 5.92 Å². The minimum absolute atomic E-state index is 0.309. The molecule has 3 heteroatoms. The number of likely N-dealkylation sites (tertiary alicyclic amines) is 1. The molecule has 94 valence electrons. The number of nitrogens with one attached hydrogen (secondary N) is 1. The maximum atomic E-state index is 3.58. The van der Waals surface area contributed by atoms with E-state index in [1.807, 2.05) is 0 Å². The smallest absolute Gasteiger partial charge is 0.0252 e. The number of piperazine rings is 1. The fourth-order valence-corrected chi connectivity index (χ4v) is 3.01. The van der Waals surface area contributed by atoms with Gasteiger partial charge in [-0.05, 0) is 52.7 Å². The van der Waals surface area contributed by atoms with Crippen LogP contribution in [-0.2, 0) is 0 Å². The normalized spacial score (nSPS) is 29.4. The van der Waals surface area contributed by atoms with Crippen LogP contribution in [0, 0.1) is 5.92 Å². The number of piperidine rings is 1. The highest BCUT2D eigenvalue weighted by Gasteiger charge is 2.27. The van der Waals surface area contributed by atoms with Gasteiger partial charge in [0.15, 0.2) is 0 Å². The minimum Gasteiger partial charge on any atom is -0.309 e. The zero-order chi connectivity index (χ0) is 11.6. The Labute approximate surface area is 100 Å². The van der Waals surface area contributed by atoms with Crippen molar-refractivity contribution in [1.29, 1.82) is 0 Å². The Morgan fingerprint density at radius 2 is 1.88 bits per heavy atom. The average molecular weight is 225 g/mol. The van der Waals surface area contributed by atoms with E-state index in [9.17, 15) is 0 Å². The molecule has 3 nitrogen and oxygen atoms in total. The maximum absolute atomic E-state index is 3.58. The lowest BCUT2D eigenvalue weighted by atomic mass is 9.94. The predicted octanol–water partition coefficient (Wildman–Crippen LogP) is 1.01. The molecule has 0 aromatic carbocycles. The molecule has 0 atom stereocenters. The molecule has 2 heterocycles. The van der Waals surface area contributed by atoms with Crippen LogP contribution < -0.4 is 5.32 Å². The van der Waals surface area contributed by atoms with E-state index in [1.54, 1.807) is 0 Å². The van der Waals surface area contributed by atoms with Gasteiger partial charge in [-0.1, -0.05) is 0 Å². The molecule has 0 bridgehead atoms. The molecule has 0 aliphatic carbocycles. The van der Waals surface area contributed by atoms with E-state index in [2.05, 4.69) is 36.0 Å². The van der Waals surface area contributed by atoms with Crippen molar-refractivity contribution in [1.82, 2.24) is 15.1 Å². The van der Waals surface area contributed by atoms with Gasteiger partial charge in [0.2, 0.25) is 0 Å². The molecule has 2 aliphatic rings. The largest absolute Gasteiger partial charge is 0.309 e. The SMILES string of the molecule is CN1CCC(CN2CCNC(C)(C)C2)CC1. The first-order chi connectivity index (χ1) is 7.55. The minimum atomic E-state index is 0.309. The van der Waals surface area contributed by atoms with Crippen LogP contribution in [-0.4, -0.2) is 61.7 Å². The Bertz CT molecular complexity index is 219. The molecular weight excluding hydrogens is 198 g/mol. The third-order valence-electron chi connectivity index (χ3n) is 4.01. The number of nitrogens with zero attached hydrogens (tertiary/aromatic N) is 2. The summed E-state index contributed by atoms with van der Waals surface area (Å²) < 4.78 is 0. The summed E-state index contributed by atoms with van der Waals surface area (Å²) in [5.41, 5.74) is 0.309. The Hall–Kier alpha value is -0.120. The van der Waals surface area contributed by atoms with Gasteiger partial charge in [0.1, 0.15) is 0 Å². The van der Waals surface area contributed by atoms with E-state index in [1.165, 1.54) is 45.6 Å². The van der Waals surface area contributed by atoms with Gasteiger partial charge < -0.3 is 10.2 Å². The molecule has 2 rings (SSSR count). The molecule has 1 N–H and O–H groups in total. The molecule has 2 aliphatic heterocycles. The van der Waals surface area contributed by atoms with E-state index < -0.39 is 0 Å². The summed E-state index contributed by atoms with van der Waals surface area (Å²) in [7, 11) is 2.24. The third kappa shape index (κ3) is 3.44. The summed E-state index contributed by atoms with van der Waals surface area (Å²) in [4.78, 5) is 5.12. The number of hydrogen-bond donors (Lipinski definition) is 1. The molecule has 0 spiro atoms. The van der Waals surface area contributed by atoms with Crippen LogP contribution in [0.5, 0.6) is 0 Å². The fraction of sp³-hybridized carbons (Fsp3) is 1.00. The van der Waals surface area contributed by atoms with Crippen molar-refractivity contribution in [2.75, 3.05) is 46.3 Å². The van der Waals surface area contributed by atoms with Crippen LogP contribution in [0.15, 0.2) is 0 Å². The van der Waals surface area contributed by atoms with Crippen molar-refractivity contribution in [3.63, 3.8) is 0 Å². The zero-order valence-corrected chi connectivity index (χ0v) is 11.1. The van der Waals surface area contributed by atoms with Gasteiger partial charge in [-0.15, -0.1) is 0 Å². The van der Waals surface area contributed by atoms with Crippen LogP contribution in [0.2, 0.25) is 0 Å². The zero-order valence-electron chi connectivity index (χ0n) is 11.1. The third-order valence-corrected chi connectivity index (χ3v) is 4.01. The average Bonchev–Trinajstić information content (AvgIpc) is 2.20. The Balaban J connectivity index is 1.76. The standard InChI is InChI=1S/C13H27N3/c1-13(2)11-16(9-6-14-13)10-12-4-7-15(3)8-5-12/h12,14H,4-11H2,1-3H3. The highest BCUT2D eigenvalue weighted by molar-refractivity contribution is 4.87. The van der Waals surface area contributed by atoms with Gasteiger partial charge in [-0.2, -0.15) is 0 Å². The first-order valence-electron chi connectivity index (χ1n) is 6.71. The van der Waals surface area contributed by atoms with Crippen LogP contribution in [0.3, 0.4) is 0 Å². The Morgan fingerprint density at radius 3 is 2.50 bits per heavy atom.